The molecule has 12 heavy (non-hydrogen) atoms. The van der Waals surface area contributed by atoms with Gasteiger partial charge in [-0.1, -0.05) is 6.92 Å². The number of carbonyl (C=O) groups is 2. The fourth-order valence-corrected chi connectivity index (χ4v) is 1.57. The van der Waals surface area contributed by atoms with Crippen molar-refractivity contribution in [1.29, 1.82) is 0 Å². The Hall–Kier alpha value is -1.06. The maximum absolute atomic E-state index is 11.1. The van der Waals surface area contributed by atoms with Crippen molar-refractivity contribution in [3.63, 3.8) is 0 Å². The van der Waals surface area contributed by atoms with E-state index in [0.29, 0.717) is 6.54 Å². The Bertz CT molecular complexity index is 202. The topological polar surface area (TPSA) is 66.4 Å². The van der Waals surface area contributed by atoms with E-state index in [1.54, 1.807) is 0 Å². The van der Waals surface area contributed by atoms with Crippen LogP contribution in [-0.4, -0.2) is 23.5 Å². The van der Waals surface area contributed by atoms with Crippen LogP contribution in [0.25, 0.3) is 0 Å². The Labute approximate surface area is 71.0 Å². The number of carboxylic acid groups (broad SMARTS) is 1. The van der Waals surface area contributed by atoms with Crippen LogP contribution in [0.5, 0.6) is 0 Å². The Balaban J connectivity index is 2.45. The molecule has 1 amide bonds. The minimum atomic E-state index is -0.831. The predicted octanol–water partition coefficient (Wildman–Crippen LogP) is 0.233. The van der Waals surface area contributed by atoms with Gasteiger partial charge >= 0.3 is 5.97 Å². The lowest BCUT2D eigenvalue weighted by Gasteiger charge is -2.13. The zero-order valence-corrected chi connectivity index (χ0v) is 7.04. The molecule has 0 aliphatic carbocycles. The lowest BCUT2D eigenvalue weighted by atomic mass is 9.90. The Morgan fingerprint density at radius 1 is 1.83 bits per heavy atom. The second-order valence-corrected chi connectivity index (χ2v) is 3.26. The molecule has 1 rings (SSSR count). The van der Waals surface area contributed by atoms with Crippen molar-refractivity contribution in [3.05, 3.63) is 0 Å². The first kappa shape index (κ1) is 9.03. The summed E-state index contributed by atoms with van der Waals surface area (Å²) >= 11 is 0. The molecular weight excluding hydrogens is 158 g/mol. The van der Waals surface area contributed by atoms with Gasteiger partial charge in [0.05, 0.1) is 0 Å². The van der Waals surface area contributed by atoms with Gasteiger partial charge in [0.25, 0.3) is 0 Å². The summed E-state index contributed by atoms with van der Waals surface area (Å²) in [7, 11) is 0. The van der Waals surface area contributed by atoms with Crippen molar-refractivity contribution in [2.45, 2.75) is 19.8 Å². The van der Waals surface area contributed by atoms with Crippen LogP contribution in [0.15, 0.2) is 0 Å². The highest BCUT2D eigenvalue weighted by Gasteiger charge is 2.30. The number of rotatable bonds is 3. The van der Waals surface area contributed by atoms with Gasteiger partial charge in [-0.3, -0.25) is 9.59 Å². The summed E-state index contributed by atoms with van der Waals surface area (Å²) in [5, 5.41) is 11.2. The van der Waals surface area contributed by atoms with Gasteiger partial charge in [0.2, 0.25) is 5.91 Å². The van der Waals surface area contributed by atoms with Crippen LogP contribution in [0.4, 0.5) is 0 Å². The van der Waals surface area contributed by atoms with E-state index in [1.165, 1.54) is 0 Å². The average Bonchev–Trinajstić information content (AvgIpc) is 2.33. The molecule has 1 heterocycles. The number of aliphatic carboxylic acids is 1. The van der Waals surface area contributed by atoms with Crippen LogP contribution in [0.2, 0.25) is 0 Å². The monoisotopic (exact) mass is 171 g/mol. The summed E-state index contributed by atoms with van der Waals surface area (Å²) in [4.78, 5) is 21.4. The standard InChI is InChI=1S/C8H13NO3/c1-5(4-7(10)11)6-2-3-9-8(6)12/h5-6H,2-4H2,1H3,(H,9,12)(H,10,11)/t5-,6-/m1/s1. The predicted molar refractivity (Wildman–Crippen MR) is 42.5 cm³/mol. The summed E-state index contributed by atoms with van der Waals surface area (Å²) < 4.78 is 0. The van der Waals surface area contributed by atoms with E-state index >= 15 is 0 Å². The normalized spacial score (nSPS) is 25.1. The Kier molecular flexibility index (Phi) is 2.68. The van der Waals surface area contributed by atoms with Gasteiger partial charge in [-0.05, 0) is 12.3 Å². The van der Waals surface area contributed by atoms with Crippen LogP contribution < -0.4 is 5.32 Å². The van der Waals surface area contributed by atoms with Gasteiger partial charge in [0.15, 0.2) is 0 Å². The minimum absolute atomic E-state index is 0.00347. The number of hydrogen-bond donors (Lipinski definition) is 2. The largest absolute Gasteiger partial charge is 0.481 e. The molecule has 0 aromatic carbocycles. The molecule has 4 heteroatoms. The molecule has 0 radical (unpaired) electrons. The van der Waals surface area contributed by atoms with Gasteiger partial charge in [0, 0.05) is 18.9 Å². The highest BCUT2D eigenvalue weighted by Crippen LogP contribution is 2.22. The van der Waals surface area contributed by atoms with E-state index in [4.69, 9.17) is 5.11 Å². The van der Waals surface area contributed by atoms with E-state index < -0.39 is 5.97 Å². The summed E-state index contributed by atoms with van der Waals surface area (Å²) in [6.45, 7) is 2.50. The third-order valence-corrected chi connectivity index (χ3v) is 2.27. The molecule has 2 atom stereocenters. The molecule has 1 aliphatic heterocycles. The first-order valence-electron chi connectivity index (χ1n) is 4.10. The Morgan fingerprint density at radius 3 is 2.92 bits per heavy atom. The van der Waals surface area contributed by atoms with Gasteiger partial charge in [-0.15, -0.1) is 0 Å². The smallest absolute Gasteiger partial charge is 0.303 e. The molecule has 0 unspecified atom stereocenters. The van der Waals surface area contributed by atoms with Crippen molar-refractivity contribution >= 4 is 11.9 Å². The van der Waals surface area contributed by atoms with E-state index in [-0.39, 0.29) is 24.2 Å². The van der Waals surface area contributed by atoms with Crippen molar-refractivity contribution in [2.75, 3.05) is 6.54 Å². The highest BCUT2D eigenvalue weighted by atomic mass is 16.4. The molecule has 68 valence electrons. The lowest BCUT2D eigenvalue weighted by molar-refractivity contribution is -0.138. The number of hydrogen-bond acceptors (Lipinski definition) is 2. The quantitative estimate of drug-likeness (QED) is 0.639. The van der Waals surface area contributed by atoms with Crippen molar-refractivity contribution in [1.82, 2.24) is 5.32 Å². The summed E-state index contributed by atoms with van der Waals surface area (Å²) in [5.74, 6) is -0.975. The minimum Gasteiger partial charge on any atom is -0.481 e. The van der Waals surface area contributed by atoms with E-state index in [1.807, 2.05) is 6.92 Å². The first-order valence-corrected chi connectivity index (χ1v) is 4.10. The van der Waals surface area contributed by atoms with E-state index in [9.17, 15) is 9.59 Å². The average molecular weight is 171 g/mol. The van der Waals surface area contributed by atoms with Crippen molar-refractivity contribution in [2.24, 2.45) is 11.8 Å². The number of nitrogens with one attached hydrogen (secondary N) is 1. The van der Waals surface area contributed by atoms with E-state index in [2.05, 4.69) is 5.32 Å². The first-order chi connectivity index (χ1) is 5.61. The molecule has 1 aliphatic rings. The summed E-state index contributed by atoms with van der Waals surface area (Å²) in [6.07, 6.45) is 0.853. The fourth-order valence-electron chi connectivity index (χ4n) is 1.57. The molecule has 1 fully saturated rings. The summed E-state index contributed by atoms with van der Waals surface area (Å²) in [5.41, 5.74) is 0. The number of carbonyl (C=O) groups excluding carboxylic acids is 1. The summed E-state index contributed by atoms with van der Waals surface area (Å²) in [6, 6.07) is 0. The molecular formula is C8H13NO3. The molecule has 0 spiro atoms. The van der Waals surface area contributed by atoms with Crippen LogP contribution in [0.3, 0.4) is 0 Å². The van der Waals surface area contributed by atoms with Gasteiger partial charge in [-0.25, -0.2) is 0 Å². The number of carboxylic acids is 1. The third-order valence-electron chi connectivity index (χ3n) is 2.27. The highest BCUT2D eigenvalue weighted by molar-refractivity contribution is 5.81. The fraction of sp³-hybridized carbons (Fsp3) is 0.750. The SMILES string of the molecule is C[C@H](CC(=O)O)[C@H]1CCNC1=O. The molecule has 0 aromatic rings. The lowest BCUT2D eigenvalue weighted by Crippen LogP contribution is -2.24. The van der Waals surface area contributed by atoms with Gasteiger partial charge in [-0.2, -0.15) is 0 Å². The van der Waals surface area contributed by atoms with Crippen LogP contribution in [-0.2, 0) is 9.59 Å². The maximum atomic E-state index is 11.1. The maximum Gasteiger partial charge on any atom is 0.303 e. The van der Waals surface area contributed by atoms with Crippen molar-refractivity contribution < 1.29 is 14.7 Å². The van der Waals surface area contributed by atoms with Crippen LogP contribution >= 0.6 is 0 Å². The second-order valence-electron chi connectivity index (χ2n) is 3.26. The zero-order valence-electron chi connectivity index (χ0n) is 7.04. The molecule has 0 bridgehead atoms. The Morgan fingerprint density at radius 2 is 2.50 bits per heavy atom. The molecule has 2 N–H and O–H groups in total. The molecule has 0 saturated carbocycles. The van der Waals surface area contributed by atoms with Crippen LogP contribution in [0, 0.1) is 11.8 Å². The van der Waals surface area contributed by atoms with Crippen molar-refractivity contribution in [3.8, 4) is 0 Å². The second kappa shape index (κ2) is 3.56. The van der Waals surface area contributed by atoms with Crippen LogP contribution in [0.1, 0.15) is 19.8 Å². The van der Waals surface area contributed by atoms with Gasteiger partial charge < -0.3 is 10.4 Å². The van der Waals surface area contributed by atoms with Gasteiger partial charge in [0.1, 0.15) is 0 Å². The molecule has 0 aromatic heterocycles. The molecule has 1 saturated heterocycles. The van der Waals surface area contributed by atoms with E-state index in [0.717, 1.165) is 6.42 Å². The molecule has 4 nitrogen and oxygen atoms in total. The third kappa shape index (κ3) is 1.96. The number of amides is 1. The zero-order chi connectivity index (χ0) is 9.14.